The zero-order valence-electron chi connectivity index (χ0n) is 9.93. The normalized spacial score (nSPS) is 32.8. The van der Waals surface area contributed by atoms with Crippen molar-refractivity contribution in [1.29, 1.82) is 0 Å². The third-order valence-electron chi connectivity index (χ3n) is 3.37. The fraction of sp³-hybridized carbons (Fsp3) is 0.750. The molecule has 2 aliphatic heterocycles. The van der Waals surface area contributed by atoms with Crippen LogP contribution in [-0.4, -0.2) is 47.7 Å². The zero-order chi connectivity index (χ0) is 12.3. The van der Waals surface area contributed by atoms with Gasteiger partial charge in [-0.2, -0.15) is 0 Å². The second-order valence-corrected chi connectivity index (χ2v) is 4.67. The molecule has 5 nitrogen and oxygen atoms in total. The molecule has 0 aromatic carbocycles. The van der Waals surface area contributed by atoms with E-state index in [9.17, 15) is 9.90 Å². The van der Waals surface area contributed by atoms with E-state index in [-0.39, 0.29) is 12.2 Å². The SMILES string of the molecule is C=CCOC(=O)N1CC2(CCCCO2)CC1O. The minimum Gasteiger partial charge on any atom is -0.445 e. The molecule has 17 heavy (non-hydrogen) atoms. The quantitative estimate of drug-likeness (QED) is 0.740. The molecular weight excluding hydrogens is 222 g/mol. The number of nitrogens with zero attached hydrogens (tertiary/aromatic N) is 1. The molecule has 2 aliphatic rings. The minimum absolute atomic E-state index is 0.163. The van der Waals surface area contributed by atoms with Gasteiger partial charge in [-0.05, 0) is 19.3 Å². The van der Waals surface area contributed by atoms with Gasteiger partial charge in [-0.25, -0.2) is 4.79 Å². The third-order valence-corrected chi connectivity index (χ3v) is 3.37. The molecular formula is C12H19NO4. The Morgan fingerprint density at radius 1 is 1.65 bits per heavy atom. The Morgan fingerprint density at radius 3 is 3.12 bits per heavy atom. The summed E-state index contributed by atoms with van der Waals surface area (Å²) in [5.41, 5.74) is -0.356. The van der Waals surface area contributed by atoms with E-state index in [1.807, 2.05) is 0 Å². The molecule has 0 saturated carbocycles. The number of ether oxygens (including phenoxy) is 2. The number of aliphatic hydroxyl groups excluding tert-OH is 1. The Morgan fingerprint density at radius 2 is 2.47 bits per heavy atom. The lowest BCUT2D eigenvalue weighted by molar-refractivity contribution is -0.0715. The Labute approximate surface area is 101 Å². The fourth-order valence-electron chi connectivity index (χ4n) is 2.52. The van der Waals surface area contributed by atoms with Gasteiger partial charge in [-0.3, -0.25) is 4.90 Å². The Balaban J connectivity index is 1.96. The fourth-order valence-corrected chi connectivity index (χ4v) is 2.52. The summed E-state index contributed by atoms with van der Waals surface area (Å²) in [5.74, 6) is 0. The van der Waals surface area contributed by atoms with Crippen molar-refractivity contribution in [1.82, 2.24) is 4.90 Å². The van der Waals surface area contributed by atoms with Crippen LogP contribution in [0, 0.1) is 0 Å². The Hall–Kier alpha value is -1.07. The first kappa shape index (κ1) is 12.4. The van der Waals surface area contributed by atoms with Crippen molar-refractivity contribution in [3.8, 4) is 0 Å². The largest absolute Gasteiger partial charge is 0.445 e. The predicted octanol–water partition coefficient (Wildman–Crippen LogP) is 1.27. The summed E-state index contributed by atoms with van der Waals surface area (Å²) in [6, 6.07) is 0. The summed E-state index contributed by atoms with van der Waals surface area (Å²) < 4.78 is 10.7. The number of amides is 1. The highest BCUT2D eigenvalue weighted by Crippen LogP contribution is 2.36. The van der Waals surface area contributed by atoms with Gasteiger partial charge >= 0.3 is 6.09 Å². The van der Waals surface area contributed by atoms with Gasteiger partial charge in [0.25, 0.3) is 0 Å². The van der Waals surface area contributed by atoms with Gasteiger partial charge < -0.3 is 14.6 Å². The zero-order valence-corrected chi connectivity index (χ0v) is 9.93. The third kappa shape index (κ3) is 2.61. The Bertz CT molecular complexity index is 299. The number of hydrogen-bond acceptors (Lipinski definition) is 4. The molecule has 1 amide bonds. The van der Waals surface area contributed by atoms with Crippen LogP contribution in [0.2, 0.25) is 0 Å². The average molecular weight is 241 g/mol. The van der Waals surface area contributed by atoms with E-state index in [1.54, 1.807) is 0 Å². The molecule has 1 spiro atoms. The van der Waals surface area contributed by atoms with Gasteiger partial charge in [0.15, 0.2) is 0 Å². The number of hydrogen-bond donors (Lipinski definition) is 1. The van der Waals surface area contributed by atoms with Crippen LogP contribution in [0.1, 0.15) is 25.7 Å². The highest BCUT2D eigenvalue weighted by molar-refractivity contribution is 5.68. The molecule has 96 valence electrons. The van der Waals surface area contributed by atoms with Crippen LogP contribution in [0.3, 0.4) is 0 Å². The minimum atomic E-state index is -0.801. The van der Waals surface area contributed by atoms with Gasteiger partial charge in [-0.1, -0.05) is 12.7 Å². The van der Waals surface area contributed by atoms with E-state index in [0.717, 1.165) is 19.3 Å². The molecule has 0 radical (unpaired) electrons. The predicted molar refractivity (Wildman–Crippen MR) is 61.4 cm³/mol. The van der Waals surface area contributed by atoms with Crippen molar-refractivity contribution in [2.24, 2.45) is 0 Å². The van der Waals surface area contributed by atoms with Gasteiger partial charge in [0.2, 0.25) is 0 Å². The lowest BCUT2D eigenvalue weighted by atomic mass is 9.93. The number of carbonyl (C=O) groups excluding carboxylic acids is 1. The van der Waals surface area contributed by atoms with E-state index in [4.69, 9.17) is 9.47 Å². The van der Waals surface area contributed by atoms with Gasteiger partial charge in [0, 0.05) is 13.0 Å². The van der Waals surface area contributed by atoms with Crippen LogP contribution < -0.4 is 0 Å². The molecule has 2 unspecified atom stereocenters. The summed E-state index contributed by atoms with van der Waals surface area (Å²) in [6.07, 6.45) is 3.73. The average Bonchev–Trinajstić information content (AvgIpc) is 2.64. The Kier molecular flexibility index (Phi) is 3.69. The number of aliphatic hydroxyl groups is 1. The van der Waals surface area contributed by atoms with Crippen LogP contribution in [0.4, 0.5) is 4.79 Å². The molecule has 2 atom stereocenters. The molecule has 2 fully saturated rings. The summed E-state index contributed by atoms with van der Waals surface area (Å²) in [5, 5.41) is 9.90. The highest BCUT2D eigenvalue weighted by Gasteiger charge is 2.47. The summed E-state index contributed by atoms with van der Waals surface area (Å²) in [7, 11) is 0. The highest BCUT2D eigenvalue weighted by atomic mass is 16.6. The molecule has 0 aliphatic carbocycles. The van der Waals surface area contributed by atoms with Crippen molar-refractivity contribution in [2.75, 3.05) is 19.8 Å². The molecule has 0 bridgehead atoms. The topological polar surface area (TPSA) is 59.0 Å². The van der Waals surface area contributed by atoms with Crippen LogP contribution >= 0.6 is 0 Å². The van der Waals surface area contributed by atoms with E-state index >= 15 is 0 Å². The smallest absolute Gasteiger partial charge is 0.412 e. The van der Waals surface area contributed by atoms with E-state index in [2.05, 4.69) is 6.58 Å². The van der Waals surface area contributed by atoms with E-state index in [1.165, 1.54) is 11.0 Å². The van der Waals surface area contributed by atoms with Crippen molar-refractivity contribution >= 4 is 6.09 Å². The second kappa shape index (κ2) is 5.06. The first-order valence-electron chi connectivity index (χ1n) is 6.03. The van der Waals surface area contributed by atoms with Gasteiger partial charge in [-0.15, -0.1) is 0 Å². The summed E-state index contributed by atoms with van der Waals surface area (Å²) in [4.78, 5) is 13.0. The van der Waals surface area contributed by atoms with Crippen molar-refractivity contribution < 1.29 is 19.4 Å². The first-order valence-corrected chi connectivity index (χ1v) is 6.03. The summed E-state index contributed by atoms with van der Waals surface area (Å²) in [6.45, 7) is 4.77. The van der Waals surface area contributed by atoms with Crippen molar-refractivity contribution in [3.05, 3.63) is 12.7 Å². The molecule has 2 rings (SSSR count). The monoisotopic (exact) mass is 241 g/mol. The maximum Gasteiger partial charge on any atom is 0.412 e. The van der Waals surface area contributed by atoms with Crippen molar-refractivity contribution in [2.45, 2.75) is 37.5 Å². The molecule has 1 N–H and O–H groups in total. The summed E-state index contributed by atoms with van der Waals surface area (Å²) >= 11 is 0. The lowest BCUT2D eigenvalue weighted by Crippen LogP contribution is -2.41. The first-order chi connectivity index (χ1) is 8.17. The number of carbonyl (C=O) groups is 1. The van der Waals surface area contributed by atoms with E-state index in [0.29, 0.717) is 19.6 Å². The molecule has 2 heterocycles. The van der Waals surface area contributed by atoms with Gasteiger partial charge in [0.1, 0.15) is 12.8 Å². The molecule has 0 aromatic heterocycles. The number of likely N-dealkylation sites (tertiary alicyclic amines) is 1. The molecule has 5 heteroatoms. The molecule has 0 aromatic rings. The standard InChI is InChI=1S/C12H19NO4/c1-2-6-16-11(15)13-9-12(8-10(13)14)5-3-4-7-17-12/h2,10,14H,1,3-9H2. The number of rotatable bonds is 2. The maximum absolute atomic E-state index is 11.7. The molecule has 2 saturated heterocycles. The van der Waals surface area contributed by atoms with Crippen LogP contribution in [0.25, 0.3) is 0 Å². The van der Waals surface area contributed by atoms with Gasteiger partial charge in [0.05, 0.1) is 12.1 Å². The van der Waals surface area contributed by atoms with Crippen molar-refractivity contribution in [3.63, 3.8) is 0 Å². The second-order valence-electron chi connectivity index (χ2n) is 4.67. The van der Waals surface area contributed by atoms with Crippen LogP contribution in [0.5, 0.6) is 0 Å². The van der Waals surface area contributed by atoms with Crippen LogP contribution in [0.15, 0.2) is 12.7 Å². The van der Waals surface area contributed by atoms with Crippen LogP contribution in [-0.2, 0) is 9.47 Å². The maximum atomic E-state index is 11.7. The van der Waals surface area contributed by atoms with E-state index < -0.39 is 12.3 Å². The lowest BCUT2D eigenvalue weighted by Gasteiger charge is -2.32.